The van der Waals surface area contributed by atoms with Crippen molar-refractivity contribution in [3.05, 3.63) is 29.8 Å². The smallest absolute Gasteiger partial charge is 0.119 e. The molecule has 1 fully saturated rings. The van der Waals surface area contributed by atoms with Crippen LogP contribution in [0.1, 0.15) is 31.2 Å². The maximum atomic E-state index is 5.27. The zero-order chi connectivity index (χ0) is 12.1. The molecule has 1 aromatic rings. The molecule has 17 heavy (non-hydrogen) atoms. The van der Waals surface area contributed by atoms with E-state index in [9.17, 15) is 0 Å². The molecule has 2 unspecified atom stereocenters. The van der Waals surface area contributed by atoms with E-state index in [0.717, 1.165) is 17.7 Å². The number of hydrogen-bond donors (Lipinski definition) is 1. The number of hydrogen-bond acceptors (Lipinski definition) is 2. The Bertz CT molecular complexity index is 351. The lowest BCUT2D eigenvalue weighted by Crippen LogP contribution is -2.31. The number of rotatable bonds is 4. The number of benzene rings is 1. The lowest BCUT2D eigenvalue weighted by atomic mass is 9.82. The fourth-order valence-corrected chi connectivity index (χ4v) is 2.87. The van der Waals surface area contributed by atoms with Crippen molar-refractivity contribution in [1.29, 1.82) is 0 Å². The third-order valence-electron chi connectivity index (χ3n) is 3.85. The highest BCUT2D eigenvalue weighted by Gasteiger charge is 2.20. The molecule has 0 spiro atoms. The molecule has 0 radical (unpaired) electrons. The van der Waals surface area contributed by atoms with E-state index in [2.05, 4.69) is 30.6 Å². The highest BCUT2D eigenvalue weighted by atomic mass is 16.5. The quantitative estimate of drug-likeness (QED) is 0.863. The maximum absolute atomic E-state index is 5.27. The molecule has 1 N–H and O–H groups in total. The van der Waals surface area contributed by atoms with Gasteiger partial charge in [-0.2, -0.15) is 0 Å². The highest BCUT2D eigenvalue weighted by Crippen LogP contribution is 2.28. The average Bonchev–Trinajstić information content (AvgIpc) is 2.39. The van der Waals surface area contributed by atoms with Crippen LogP contribution in [-0.2, 0) is 6.42 Å². The van der Waals surface area contributed by atoms with Crippen LogP contribution in [0.25, 0.3) is 0 Å². The van der Waals surface area contributed by atoms with Crippen LogP contribution in [0.4, 0.5) is 0 Å². The first kappa shape index (κ1) is 12.4. The van der Waals surface area contributed by atoms with Gasteiger partial charge in [0.2, 0.25) is 0 Å². The molecular weight excluding hydrogens is 210 g/mol. The van der Waals surface area contributed by atoms with Gasteiger partial charge >= 0.3 is 0 Å². The normalized spacial score (nSPS) is 24.6. The Labute approximate surface area is 104 Å². The second-order valence-electron chi connectivity index (χ2n) is 5.07. The van der Waals surface area contributed by atoms with E-state index in [1.165, 1.54) is 37.7 Å². The lowest BCUT2D eigenvalue weighted by Gasteiger charge is -2.29. The minimum Gasteiger partial charge on any atom is -0.497 e. The third kappa shape index (κ3) is 3.47. The molecule has 1 aliphatic carbocycles. The van der Waals surface area contributed by atoms with Crippen molar-refractivity contribution in [2.75, 3.05) is 14.2 Å². The van der Waals surface area contributed by atoms with Crippen LogP contribution < -0.4 is 10.1 Å². The van der Waals surface area contributed by atoms with Crippen LogP contribution in [-0.4, -0.2) is 20.2 Å². The van der Waals surface area contributed by atoms with Crippen LogP contribution in [0.5, 0.6) is 5.75 Å². The SMILES string of the molecule is CNC1CCCC(Cc2cccc(OC)c2)C1. The Morgan fingerprint density at radius 3 is 3.00 bits per heavy atom. The first-order valence-corrected chi connectivity index (χ1v) is 6.62. The Kier molecular flexibility index (Phi) is 4.43. The Balaban J connectivity index is 1.95. The zero-order valence-electron chi connectivity index (χ0n) is 10.9. The van der Waals surface area contributed by atoms with E-state index in [1.807, 2.05) is 6.07 Å². The summed E-state index contributed by atoms with van der Waals surface area (Å²) in [7, 11) is 3.81. The molecule has 0 saturated heterocycles. The van der Waals surface area contributed by atoms with Crippen molar-refractivity contribution in [1.82, 2.24) is 5.32 Å². The van der Waals surface area contributed by atoms with Gasteiger partial charge in [0, 0.05) is 6.04 Å². The van der Waals surface area contributed by atoms with Crippen molar-refractivity contribution in [3.63, 3.8) is 0 Å². The second-order valence-corrected chi connectivity index (χ2v) is 5.07. The Morgan fingerprint density at radius 2 is 2.24 bits per heavy atom. The summed E-state index contributed by atoms with van der Waals surface area (Å²) in [6, 6.07) is 9.21. The summed E-state index contributed by atoms with van der Waals surface area (Å²) in [6.07, 6.45) is 6.57. The molecule has 2 atom stereocenters. The fraction of sp³-hybridized carbons (Fsp3) is 0.600. The van der Waals surface area contributed by atoms with E-state index in [4.69, 9.17) is 4.74 Å². The zero-order valence-corrected chi connectivity index (χ0v) is 10.9. The van der Waals surface area contributed by atoms with Crippen LogP contribution >= 0.6 is 0 Å². The standard InChI is InChI=1S/C15H23NO/c1-16-14-7-3-5-12(10-14)9-13-6-4-8-15(11-13)17-2/h4,6,8,11-12,14,16H,3,5,7,9-10H2,1-2H3. The molecule has 2 heteroatoms. The van der Waals surface area contributed by atoms with Gasteiger partial charge in [-0.3, -0.25) is 0 Å². The first-order valence-electron chi connectivity index (χ1n) is 6.62. The van der Waals surface area contributed by atoms with Gasteiger partial charge in [-0.15, -0.1) is 0 Å². The Hall–Kier alpha value is -1.02. The highest BCUT2D eigenvalue weighted by molar-refractivity contribution is 5.28. The molecular formula is C15H23NO. The summed E-state index contributed by atoms with van der Waals surface area (Å²) < 4.78 is 5.27. The maximum Gasteiger partial charge on any atom is 0.119 e. The van der Waals surface area contributed by atoms with Crippen LogP contribution in [0, 0.1) is 5.92 Å². The molecule has 1 saturated carbocycles. The molecule has 0 bridgehead atoms. The molecule has 0 heterocycles. The van der Waals surface area contributed by atoms with E-state index >= 15 is 0 Å². The average molecular weight is 233 g/mol. The van der Waals surface area contributed by atoms with E-state index in [-0.39, 0.29) is 0 Å². The number of methoxy groups -OCH3 is 1. The van der Waals surface area contributed by atoms with Crippen LogP contribution in [0.2, 0.25) is 0 Å². The van der Waals surface area contributed by atoms with Gasteiger partial charge in [0.05, 0.1) is 7.11 Å². The molecule has 0 aromatic heterocycles. The third-order valence-corrected chi connectivity index (χ3v) is 3.85. The van der Waals surface area contributed by atoms with Gasteiger partial charge in [0.15, 0.2) is 0 Å². The van der Waals surface area contributed by atoms with Crippen molar-refractivity contribution < 1.29 is 4.74 Å². The lowest BCUT2D eigenvalue weighted by molar-refractivity contribution is 0.294. The van der Waals surface area contributed by atoms with Gasteiger partial charge < -0.3 is 10.1 Å². The van der Waals surface area contributed by atoms with Crippen molar-refractivity contribution in [2.24, 2.45) is 5.92 Å². The van der Waals surface area contributed by atoms with Crippen molar-refractivity contribution >= 4 is 0 Å². The van der Waals surface area contributed by atoms with Gasteiger partial charge in [-0.1, -0.05) is 25.0 Å². The van der Waals surface area contributed by atoms with E-state index in [1.54, 1.807) is 7.11 Å². The minimum absolute atomic E-state index is 0.722. The van der Waals surface area contributed by atoms with E-state index < -0.39 is 0 Å². The predicted molar refractivity (Wildman–Crippen MR) is 71.5 cm³/mol. The fourth-order valence-electron chi connectivity index (χ4n) is 2.87. The van der Waals surface area contributed by atoms with Crippen LogP contribution in [0.15, 0.2) is 24.3 Å². The molecule has 1 aromatic carbocycles. The summed E-state index contributed by atoms with van der Waals surface area (Å²) >= 11 is 0. The summed E-state index contributed by atoms with van der Waals surface area (Å²) in [5.74, 6) is 1.80. The number of ether oxygens (including phenoxy) is 1. The monoisotopic (exact) mass is 233 g/mol. The molecule has 0 aliphatic heterocycles. The van der Waals surface area contributed by atoms with Crippen LogP contribution in [0.3, 0.4) is 0 Å². The first-order chi connectivity index (χ1) is 8.31. The van der Waals surface area contributed by atoms with E-state index in [0.29, 0.717) is 0 Å². The second kappa shape index (κ2) is 6.06. The van der Waals surface area contributed by atoms with Gasteiger partial charge in [0.1, 0.15) is 5.75 Å². The Morgan fingerprint density at radius 1 is 1.35 bits per heavy atom. The van der Waals surface area contributed by atoms with Crippen molar-refractivity contribution in [2.45, 2.75) is 38.1 Å². The summed E-state index contributed by atoms with van der Waals surface area (Å²) in [5.41, 5.74) is 1.41. The largest absolute Gasteiger partial charge is 0.497 e. The molecule has 2 rings (SSSR count). The molecule has 0 amide bonds. The molecule has 1 aliphatic rings. The van der Waals surface area contributed by atoms with Crippen molar-refractivity contribution in [3.8, 4) is 5.75 Å². The number of nitrogens with one attached hydrogen (secondary N) is 1. The summed E-state index contributed by atoms with van der Waals surface area (Å²) in [5, 5.41) is 3.42. The topological polar surface area (TPSA) is 21.3 Å². The van der Waals surface area contributed by atoms with Gasteiger partial charge in [-0.05, 0) is 49.9 Å². The van der Waals surface area contributed by atoms with Gasteiger partial charge in [-0.25, -0.2) is 0 Å². The molecule has 94 valence electrons. The molecule has 2 nitrogen and oxygen atoms in total. The summed E-state index contributed by atoms with van der Waals surface area (Å²) in [4.78, 5) is 0. The minimum atomic E-state index is 0.722. The predicted octanol–water partition coefficient (Wildman–Crippen LogP) is 3.02. The summed E-state index contributed by atoms with van der Waals surface area (Å²) in [6.45, 7) is 0. The van der Waals surface area contributed by atoms with Gasteiger partial charge in [0.25, 0.3) is 0 Å².